The summed E-state index contributed by atoms with van der Waals surface area (Å²) in [4.78, 5) is 22.2. The molecule has 2 fully saturated rings. The van der Waals surface area contributed by atoms with Gasteiger partial charge < -0.3 is 20.1 Å². The second-order valence-electron chi connectivity index (χ2n) is 10.3. The number of nitrogens with zero attached hydrogens (tertiary/aromatic N) is 4. The third-order valence-corrected chi connectivity index (χ3v) is 8.68. The number of anilines is 1. The Morgan fingerprint density at radius 3 is 2.78 bits per heavy atom. The number of para-hydroxylation sites is 1. The fourth-order valence-electron chi connectivity index (χ4n) is 5.94. The topological polar surface area (TPSA) is 90.8 Å². The zero-order valence-electron chi connectivity index (χ0n) is 21.3. The SMILES string of the molecule is CCc1cccc2c1N(CC1CCOCC1)CC2c1nsc(CN2CCC(C(=O)NCCO)CC2)n1. The first-order valence-corrected chi connectivity index (χ1v) is 14.3. The van der Waals surface area contributed by atoms with E-state index < -0.39 is 0 Å². The molecule has 2 N–H and O–H groups in total. The lowest BCUT2D eigenvalue weighted by molar-refractivity contribution is -0.126. The van der Waals surface area contributed by atoms with Crippen LogP contribution in [0.2, 0.25) is 0 Å². The molecule has 0 saturated carbocycles. The highest BCUT2D eigenvalue weighted by molar-refractivity contribution is 7.05. The number of hydrogen-bond acceptors (Lipinski definition) is 8. The molecule has 1 aromatic heterocycles. The molecule has 1 atom stereocenters. The van der Waals surface area contributed by atoms with Crippen LogP contribution < -0.4 is 10.2 Å². The fraction of sp³-hybridized carbons (Fsp3) is 0.667. The number of ether oxygens (including phenoxy) is 1. The van der Waals surface area contributed by atoms with E-state index in [0.29, 0.717) is 12.5 Å². The van der Waals surface area contributed by atoms with Crippen LogP contribution in [0.5, 0.6) is 0 Å². The largest absolute Gasteiger partial charge is 0.395 e. The summed E-state index contributed by atoms with van der Waals surface area (Å²) in [7, 11) is 0. The van der Waals surface area contributed by atoms with Crippen molar-refractivity contribution in [1.82, 2.24) is 19.6 Å². The van der Waals surface area contributed by atoms with Crippen LogP contribution in [0.4, 0.5) is 5.69 Å². The number of piperidine rings is 1. The van der Waals surface area contributed by atoms with Crippen LogP contribution in [0.1, 0.15) is 60.5 Å². The molecule has 5 rings (SSSR count). The maximum absolute atomic E-state index is 12.2. The number of aliphatic hydroxyl groups excluding tert-OH is 1. The lowest BCUT2D eigenvalue weighted by Crippen LogP contribution is -2.40. The molecule has 2 saturated heterocycles. The molecule has 1 unspecified atom stereocenters. The Bertz CT molecular complexity index is 1020. The molecule has 0 spiro atoms. The van der Waals surface area contributed by atoms with E-state index in [9.17, 15) is 4.79 Å². The Balaban J connectivity index is 1.24. The second kappa shape index (κ2) is 12.0. The Labute approximate surface area is 218 Å². The molecule has 36 heavy (non-hydrogen) atoms. The highest BCUT2D eigenvalue weighted by Gasteiger charge is 2.35. The standard InChI is InChI=1S/C27H39N5O3S/c1-2-20-4-3-5-22-23(17-32(25(20)22)16-19-8-14-35-15-9-19)26-29-24(36-30-26)18-31-11-6-21(7-12-31)27(34)28-10-13-33/h3-5,19,21,23,33H,2,6-18H2,1H3,(H,28,34). The number of carbonyl (C=O) groups excluding carboxylic acids is 1. The maximum atomic E-state index is 12.2. The van der Waals surface area contributed by atoms with Crippen molar-refractivity contribution >= 4 is 23.1 Å². The Kier molecular flexibility index (Phi) is 8.51. The minimum absolute atomic E-state index is 0.0114. The van der Waals surface area contributed by atoms with E-state index in [2.05, 4.69) is 40.2 Å². The molecule has 3 aliphatic heterocycles. The van der Waals surface area contributed by atoms with Gasteiger partial charge in [-0.3, -0.25) is 9.69 Å². The van der Waals surface area contributed by atoms with Crippen LogP contribution in [0.15, 0.2) is 18.2 Å². The van der Waals surface area contributed by atoms with Gasteiger partial charge in [-0.2, -0.15) is 4.37 Å². The van der Waals surface area contributed by atoms with E-state index in [1.165, 1.54) is 28.3 Å². The molecule has 0 aliphatic carbocycles. The Morgan fingerprint density at radius 1 is 1.22 bits per heavy atom. The molecule has 2 aromatic rings. The van der Waals surface area contributed by atoms with Gasteiger partial charge in [0.15, 0.2) is 5.82 Å². The van der Waals surface area contributed by atoms with Crippen LogP contribution in [-0.2, 0) is 22.5 Å². The zero-order valence-corrected chi connectivity index (χ0v) is 22.1. The molecule has 0 bridgehead atoms. The van der Waals surface area contributed by atoms with Gasteiger partial charge in [-0.1, -0.05) is 25.1 Å². The van der Waals surface area contributed by atoms with E-state index in [4.69, 9.17) is 19.2 Å². The van der Waals surface area contributed by atoms with E-state index in [0.717, 1.165) is 88.9 Å². The van der Waals surface area contributed by atoms with Gasteiger partial charge >= 0.3 is 0 Å². The number of benzene rings is 1. The molecule has 4 heterocycles. The third kappa shape index (κ3) is 5.74. The Hall–Kier alpha value is -2.07. The number of fused-ring (bicyclic) bond motifs is 1. The number of nitrogens with one attached hydrogen (secondary N) is 1. The van der Waals surface area contributed by atoms with Crippen LogP contribution in [0, 0.1) is 11.8 Å². The molecule has 0 radical (unpaired) electrons. The highest BCUT2D eigenvalue weighted by atomic mass is 32.1. The molecule has 1 aromatic carbocycles. The maximum Gasteiger partial charge on any atom is 0.223 e. The summed E-state index contributed by atoms with van der Waals surface area (Å²) in [5, 5.41) is 12.8. The van der Waals surface area contributed by atoms with Gasteiger partial charge in [0.05, 0.1) is 19.1 Å². The summed E-state index contributed by atoms with van der Waals surface area (Å²) in [6.45, 7) is 8.94. The summed E-state index contributed by atoms with van der Waals surface area (Å²) in [5.74, 6) is 1.97. The van der Waals surface area contributed by atoms with Crippen molar-refractivity contribution < 1.29 is 14.6 Å². The van der Waals surface area contributed by atoms with Crippen molar-refractivity contribution in [1.29, 1.82) is 0 Å². The number of aromatic nitrogens is 2. The van der Waals surface area contributed by atoms with Crippen molar-refractivity contribution in [2.24, 2.45) is 11.8 Å². The van der Waals surface area contributed by atoms with Gasteiger partial charge in [0.25, 0.3) is 0 Å². The van der Waals surface area contributed by atoms with Crippen molar-refractivity contribution in [2.75, 3.05) is 57.4 Å². The summed E-state index contributed by atoms with van der Waals surface area (Å²) in [5.41, 5.74) is 4.21. The van der Waals surface area contributed by atoms with Crippen LogP contribution >= 0.6 is 11.5 Å². The van der Waals surface area contributed by atoms with E-state index in [1.807, 2.05) is 0 Å². The molecule has 1 amide bonds. The van der Waals surface area contributed by atoms with Crippen LogP contribution in [0.25, 0.3) is 0 Å². The van der Waals surface area contributed by atoms with Gasteiger partial charge in [-0.15, -0.1) is 0 Å². The van der Waals surface area contributed by atoms with Crippen LogP contribution in [-0.4, -0.2) is 77.8 Å². The van der Waals surface area contributed by atoms with E-state index in [-0.39, 0.29) is 24.3 Å². The van der Waals surface area contributed by atoms with E-state index >= 15 is 0 Å². The van der Waals surface area contributed by atoms with Crippen molar-refractivity contribution in [2.45, 2.75) is 51.5 Å². The molecule has 3 aliphatic rings. The normalized spacial score (nSPS) is 21.6. The molecule has 8 nitrogen and oxygen atoms in total. The summed E-state index contributed by atoms with van der Waals surface area (Å²) in [6, 6.07) is 6.74. The average Bonchev–Trinajstić information content (AvgIpc) is 3.53. The smallest absolute Gasteiger partial charge is 0.223 e. The lowest BCUT2D eigenvalue weighted by atomic mass is 9.96. The van der Waals surface area contributed by atoms with E-state index in [1.54, 1.807) is 0 Å². The van der Waals surface area contributed by atoms with Crippen LogP contribution in [0.3, 0.4) is 0 Å². The minimum Gasteiger partial charge on any atom is -0.395 e. The Morgan fingerprint density at radius 2 is 2.03 bits per heavy atom. The first-order chi connectivity index (χ1) is 17.7. The number of aliphatic hydroxyl groups is 1. The van der Waals surface area contributed by atoms with Gasteiger partial charge in [0.1, 0.15) is 5.01 Å². The number of rotatable bonds is 9. The first kappa shape index (κ1) is 25.6. The molecule has 196 valence electrons. The minimum atomic E-state index is -0.0114. The van der Waals surface area contributed by atoms with Crippen molar-refractivity contribution in [3.63, 3.8) is 0 Å². The molecular weight excluding hydrogens is 474 g/mol. The first-order valence-electron chi connectivity index (χ1n) is 13.5. The predicted molar refractivity (Wildman–Crippen MR) is 141 cm³/mol. The zero-order chi connectivity index (χ0) is 24.9. The average molecular weight is 514 g/mol. The highest BCUT2D eigenvalue weighted by Crippen LogP contribution is 2.42. The monoisotopic (exact) mass is 513 g/mol. The number of aryl methyl sites for hydroxylation is 1. The van der Waals surface area contributed by atoms with Gasteiger partial charge in [-0.25, -0.2) is 4.98 Å². The second-order valence-corrected chi connectivity index (χ2v) is 11.2. The summed E-state index contributed by atoms with van der Waals surface area (Å²) in [6.07, 6.45) is 5.01. The predicted octanol–water partition coefficient (Wildman–Crippen LogP) is 2.80. The number of carbonyl (C=O) groups is 1. The van der Waals surface area contributed by atoms with Crippen molar-refractivity contribution in [3.05, 3.63) is 40.2 Å². The van der Waals surface area contributed by atoms with Gasteiger partial charge in [0.2, 0.25) is 5.91 Å². The van der Waals surface area contributed by atoms with Crippen molar-refractivity contribution in [3.8, 4) is 0 Å². The quantitative estimate of drug-likeness (QED) is 0.533. The number of hydrogen-bond donors (Lipinski definition) is 2. The van der Waals surface area contributed by atoms with Gasteiger partial charge in [-0.05, 0) is 73.8 Å². The number of amides is 1. The lowest BCUT2D eigenvalue weighted by Gasteiger charge is -2.30. The molecule has 9 heteroatoms. The van der Waals surface area contributed by atoms with Gasteiger partial charge in [0, 0.05) is 44.5 Å². The number of likely N-dealkylation sites (tertiary alicyclic amines) is 1. The summed E-state index contributed by atoms with van der Waals surface area (Å²) < 4.78 is 10.4. The third-order valence-electron chi connectivity index (χ3n) is 7.97. The fourth-order valence-corrected chi connectivity index (χ4v) is 6.68. The molecular formula is C27H39N5O3S. The summed E-state index contributed by atoms with van der Waals surface area (Å²) >= 11 is 1.52.